The lowest BCUT2D eigenvalue weighted by Gasteiger charge is -2.02. The van der Waals surface area contributed by atoms with E-state index in [0.717, 1.165) is 24.5 Å². The molecule has 0 amide bonds. The number of hydrogen-bond donors (Lipinski definition) is 1. The molecular formula is C14H17FN4S. The molecule has 1 aromatic carbocycles. The number of aromatic nitrogens is 3. The molecule has 1 aliphatic rings. The third-order valence-electron chi connectivity index (χ3n) is 3.15. The molecule has 20 heavy (non-hydrogen) atoms. The van der Waals surface area contributed by atoms with Gasteiger partial charge in [0.25, 0.3) is 0 Å². The van der Waals surface area contributed by atoms with Crippen LogP contribution in [0.3, 0.4) is 0 Å². The summed E-state index contributed by atoms with van der Waals surface area (Å²) < 4.78 is 15.3. The van der Waals surface area contributed by atoms with E-state index in [9.17, 15) is 4.39 Å². The Morgan fingerprint density at radius 1 is 1.35 bits per heavy atom. The summed E-state index contributed by atoms with van der Waals surface area (Å²) in [5, 5.41) is 11.6. The minimum atomic E-state index is -0.162. The number of halogens is 1. The molecule has 0 unspecified atom stereocenters. The quantitative estimate of drug-likeness (QED) is 0.796. The van der Waals surface area contributed by atoms with Crippen LogP contribution in [0.1, 0.15) is 18.5 Å². The van der Waals surface area contributed by atoms with E-state index in [1.807, 2.05) is 16.9 Å². The predicted molar refractivity (Wildman–Crippen MR) is 77.0 cm³/mol. The standard InChI is InChI=1S/C14H17FN4S/c15-13-3-1-2-4-14(13)20-8-7-19-10-12(17-18-19)9-16-11-5-6-11/h1-4,10-11,16H,5-9H2. The lowest BCUT2D eigenvalue weighted by atomic mass is 10.3. The van der Waals surface area contributed by atoms with Crippen molar-refractivity contribution in [2.24, 2.45) is 0 Å². The van der Waals surface area contributed by atoms with E-state index in [1.54, 1.807) is 12.1 Å². The number of thioether (sulfide) groups is 1. The van der Waals surface area contributed by atoms with Gasteiger partial charge < -0.3 is 5.32 Å². The van der Waals surface area contributed by atoms with Gasteiger partial charge in [0.2, 0.25) is 0 Å². The van der Waals surface area contributed by atoms with Gasteiger partial charge in [-0.3, -0.25) is 4.68 Å². The zero-order valence-corrected chi connectivity index (χ0v) is 11.9. The summed E-state index contributed by atoms with van der Waals surface area (Å²) in [7, 11) is 0. The maximum atomic E-state index is 13.4. The van der Waals surface area contributed by atoms with Crippen molar-refractivity contribution in [1.29, 1.82) is 0 Å². The normalized spacial score (nSPS) is 14.7. The average molecular weight is 292 g/mol. The Kier molecular flexibility index (Phi) is 4.32. The minimum Gasteiger partial charge on any atom is -0.308 e. The first-order valence-electron chi connectivity index (χ1n) is 6.81. The van der Waals surface area contributed by atoms with Crippen molar-refractivity contribution in [3.05, 3.63) is 42.0 Å². The van der Waals surface area contributed by atoms with E-state index in [0.29, 0.717) is 10.9 Å². The zero-order valence-electron chi connectivity index (χ0n) is 11.1. The van der Waals surface area contributed by atoms with Crippen LogP contribution in [0, 0.1) is 5.82 Å². The van der Waals surface area contributed by atoms with E-state index in [1.165, 1.54) is 30.7 Å². The SMILES string of the molecule is Fc1ccccc1SCCn1cc(CNC2CC2)nn1. The van der Waals surface area contributed by atoms with Gasteiger partial charge in [-0.15, -0.1) is 16.9 Å². The van der Waals surface area contributed by atoms with Gasteiger partial charge in [-0.25, -0.2) is 4.39 Å². The second kappa shape index (κ2) is 6.37. The van der Waals surface area contributed by atoms with E-state index in [2.05, 4.69) is 15.6 Å². The van der Waals surface area contributed by atoms with Gasteiger partial charge in [0, 0.05) is 29.4 Å². The van der Waals surface area contributed by atoms with Crippen molar-refractivity contribution in [2.45, 2.75) is 36.9 Å². The summed E-state index contributed by atoms with van der Waals surface area (Å²) >= 11 is 1.50. The molecule has 0 bridgehead atoms. The number of hydrogen-bond acceptors (Lipinski definition) is 4. The van der Waals surface area contributed by atoms with E-state index >= 15 is 0 Å². The fourth-order valence-corrected chi connectivity index (χ4v) is 2.76. The molecular weight excluding hydrogens is 275 g/mol. The first kappa shape index (κ1) is 13.6. The smallest absolute Gasteiger partial charge is 0.136 e. The summed E-state index contributed by atoms with van der Waals surface area (Å²) in [6, 6.07) is 7.52. The van der Waals surface area contributed by atoms with Crippen molar-refractivity contribution < 1.29 is 4.39 Å². The highest BCUT2D eigenvalue weighted by Gasteiger charge is 2.20. The van der Waals surface area contributed by atoms with Crippen LogP contribution in [0.5, 0.6) is 0 Å². The topological polar surface area (TPSA) is 42.7 Å². The molecule has 2 aromatic rings. The molecule has 6 heteroatoms. The molecule has 0 saturated heterocycles. The number of nitrogens with one attached hydrogen (secondary N) is 1. The fourth-order valence-electron chi connectivity index (χ4n) is 1.88. The van der Waals surface area contributed by atoms with Crippen molar-refractivity contribution in [2.75, 3.05) is 5.75 Å². The molecule has 1 N–H and O–H groups in total. The molecule has 0 aliphatic heterocycles. The molecule has 1 aromatic heterocycles. The molecule has 1 fully saturated rings. The summed E-state index contributed by atoms with van der Waals surface area (Å²) in [5.74, 6) is 0.616. The Hall–Kier alpha value is -1.40. The summed E-state index contributed by atoms with van der Waals surface area (Å²) in [4.78, 5) is 0.684. The Balaban J connectivity index is 1.45. The Bertz CT molecular complexity index is 568. The van der Waals surface area contributed by atoms with E-state index < -0.39 is 0 Å². The molecule has 0 radical (unpaired) electrons. The highest BCUT2D eigenvalue weighted by Crippen LogP contribution is 2.21. The van der Waals surface area contributed by atoms with Gasteiger partial charge in [-0.05, 0) is 25.0 Å². The third-order valence-corrected chi connectivity index (χ3v) is 4.18. The van der Waals surface area contributed by atoms with Gasteiger partial charge in [0.1, 0.15) is 5.82 Å². The van der Waals surface area contributed by atoms with E-state index in [4.69, 9.17) is 0 Å². The maximum absolute atomic E-state index is 13.4. The second-order valence-electron chi connectivity index (χ2n) is 4.91. The van der Waals surface area contributed by atoms with Crippen molar-refractivity contribution in [3.8, 4) is 0 Å². The lowest BCUT2D eigenvalue weighted by Crippen LogP contribution is -2.15. The lowest BCUT2D eigenvalue weighted by molar-refractivity contribution is 0.600. The maximum Gasteiger partial charge on any atom is 0.136 e. The molecule has 1 heterocycles. The molecule has 3 rings (SSSR count). The van der Waals surface area contributed by atoms with Crippen LogP contribution >= 0.6 is 11.8 Å². The highest BCUT2D eigenvalue weighted by molar-refractivity contribution is 7.99. The van der Waals surface area contributed by atoms with Crippen molar-refractivity contribution >= 4 is 11.8 Å². The van der Waals surface area contributed by atoms with Crippen LogP contribution in [0.4, 0.5) is 4.39 Å². The predicted octanol–water partition coefficient (Wildman–Crippen LogP) is 2.46. The Labute approximate surface area is 121 Å². The third kappa shape index (κ3) is 3.80. The van der Waals surface area contributed by atoms with Crippen LogP contribution in [-0.4, -0.2) is 26.8 Å². The first-order valence-corrected chi connectivity index (χ1v) is 7.79. The molecule has 0 atom stereocenters. The number of aryl methyl sites for hydroxylation is 1. The van der Waals surface area contributed by atoms with Gasteiger partial charge in [-0.2, -0.15) is 0 Å². The zero-order chi connectivity index (χ0) is 13.8. The van der Waals surface area contributed by atoms with Crippen molar-refractivity contribution in [3.63, 3.8) is 0 Å². The Morgan fingerprint density at radius 3 is 3.00 bits per heavy atom. The summed E-state index contributed by atoms with van der Waals surface area (Å²) in [5.41, 5.74) is 0.966. The summed E-state index contributed by atoms with van der Waals surface area (Å²) in [6.07, 6.45) is 4.50. The van der Waals surface area contributed by atoms with Crippen LogP contribution in [0.15, 0.2) is 35.4 Å². The fraction of sp³-hybridized carbons (Fsp3) is 0.429. The number of nitrogens with zero attached hydrogens (tertiary/aromatic N) is 3. The molecule has 1 saturated carbocycles. The van der Waals surface area contributed by atoms with Crippen LogP contribution in [0.2, 0.25) is 0 Å². The van der Waals surface area contributed by atoms with Crippen LogP contribution in [-0.2, 0) is 13.1 Å². The number of rotatable bonds is 7. The highest BCUT2D eigenvalue weighted by atomic mass is 32.2. The van der Waals surface area contributed by atoms with Gasteiger partial charge in [0.15, 0.2) is 0 Å². The van der Waals surface area contributed by atoms with Crippen LogP contribution in [0.25, 0.3) is 0 Å². The number of benzene rings is 1. The van der Waals surface area contributed by atoms with Gasteiger partial charge in [0.05, 0.1) is 12.2 Å². The molecule has 106 valence electrons. The van der Waals surface area contributed by atoms with Gasteiger partial charge >= 0.3 is 0 Å². The summed E-state index contributed by atoms with van der Waals surface area (Å²) in [6.45, 7) is 1.51. The van der Waals surface area contributed by atoms with Crippen molar-refractivity contribution in [1.82, 2.24) is 20.3 Å². The first-order chi connectivity index (χ1) is 9.81. The van der Waals surface area contributed by atoms with Crippen LogP contribution < -0.4 is 5.32 Å². The minimum absolute atomic E-state index is 0.162. The van der Waals surface area contributed by atoms with E-state index in [-0.39, 0.29) is 5.82 Å². The average Bonchev–Trinajstić information content (AvgIpc) is 3.18. The molecule has 0 spiro atoms. The van der Waals surface area contributed by atoms with Gasteiger partial charge in [-0.1, -0.05) is 17.3 Å². The Morgan fingerprint density at radius 2 is 2.20 bits per heavy atom. The largest absolute Gasteiger partial charge is 0.308 e. The second-order valence-corrected chi connectivity index (χ2v) is 6.04. The molecule has 1 aliphatic carbocycles. The monoisotopic (exact) mass is 292 g/mol. The molecule has 4 nitrogen and oxygen atoms in total.